The molecule has 1 heterocycles. The van der Waals surface area contributed by atoms with Gasteiger partial charge in [-0.05, 0) is 23.3 Å². The van der Waals surface area contributed by atoms with Crippen LogP contribution in [0.15, 0.2) is 94.9 Å². The molecule has 4 aromatic rings. The first kappa shape index (κ1) is 16.6. The van der Waals surface area contributed by atoms with Gasteiger partial charge in [-0.25, -0.2) is 4.98 Å². The summed E-state index contributed by atoms with van der Waals surface area (Å²) >= 11 is 1.60. The Bertz CT molecular complexity index is 1080. The van der Waals surface area contributed by atoms with Crippen molar-refractivity contribution >= 4 is 22.7 Å². The fourth-order valence-electron chi connectivity index (χ4n) is 2.89. The maximum Gasteiger partial charge on any atom is 0.262 e. The molecule has 3 aromatic carbocycles. The van der Waals surface area contributed by atoms with E-state index in [-0.39, 0.29) is 5.56 Å². The number of para-hydroxylation sites is 1. The summed E-state index contributed by atoms with van der Waals surface area (Å²) < 4.78 is 1.78. The molecular weight excluding hydrogens is 340 g/mol. The summed E-state index contributed by atoms with van der Waals surface area (Å²) in [5.41, 5.74) is 3.06. The molecule has 0 unspecified atom stereocenters. The molecular formula is C22H18N2OS. The molecule has 3 nitrogen and oxygen atoms in total. The van der Waals surface area contributed by atoms with Crippen molar-refractivity contribution in [2.75, 3.05) is 0 Å². The second-order valence-electron chi connectivity index (χ2n) is 6.06. The van der Waals surface area contributed by atoms with E-state index in [0.29, 0.717) is 11.9 Å². The summed E-state index contributed by atoms with van der Waals surface area (Å²) in [6.45, 7) is 0.522. The fraction of sp³-hybridized carbons (Fsp3) is 0.0909. The van der Waals surface area contributed by atoms with Gasteiger partial charge in [0.15, 0.2) is 5.16 Å². The monoisotopic (exact) mass is 358 g/mol. The van der Waals surface area contributed by atoms with Crippen LogP contribution in [0, 0.1) is 0 Å². The quantitative estimate of drug-likeness (QED) is 0.382. The molecule has 0 amide bonds. The number of nitrogens with zero attached hydrogens (tertiary/aromatic N) is 2. The Labute approximate surface area is 156 Å². The smallest absolute Gasteiger partial charge is 0.262 e. The second-order valence-corrected chi connectivity index (χ2v) is 7.01. The number of benzene rings is 3. The third-order valence-electron chi connectivity index (χ3n) is 4.22. The highest BCUT2D eigenvalue weighted by Gasteiger charge is 2.12. The van der Waals surface area contributed by atoms with Gasteiger partial charge in [0.05, 0.1) is 17.4 Å². The summed E-state index contributed by atoms with van der Waals surface area (Å²) in [7, 11) is 0. The number of thioether (sulfide) groups is 1. The van der Waals surface area contributed by atoms with Crippen LogP contribution in [0.25, 0.3) is 10.9 Å². The minimum Gasteiger partial charge on any atom is -0.283 e. The van der Waals surface area contributed by atoms with Crippen molar-refractivity contribution < 1.29 is 0 Å². The van der Waals surface area contributed by atoms with Crippen LogP contribution in [0.4, 0.5) is 0 Å². The lowest BCUT2D eigenvalue weighted by Crippen LogP contribution is -2.24. The zero-order valence-electron chi connectivity index (χ0n) is 14.2. The van der Waals surface area contributed by atoms with Crippen LogP contribution in [0.2, 0.25) is 0 Å². The Kier molecular flexibility index (Phi) is 4.84. The van der Waals surface area contributed by atoms with Gasteiger partial charge in [0.1, 0.15) is 0 Å². The van der Waals surface area contributed by atoms with E-state index in [1.807, 2.05) is 72.8 Å². The normalized spacial score (nSPS) is 10.9. The van der Waals surface area contributed by atoms with Gasteiger partial charge < -0.3 is 0 Å². The molecule has 0 aliphatic carbocycles. The molecule has 128 valence electrons. The van der Waals surface area contributed by atoms with E-state index < -0.39 is 0 Å². The van der Waals surface area contributed by atoms with Crippen LogP contribution in [-0.2, 0) is 12.3 Å². The van der Waals surface area contributed by atoms with Crippen LogP contribution in [0.1, 0.15) is 11.1 Å². The molecule has 0 N–H and O–H groups in total. The SMILES string of the molecule is O=c1c2ccccc2nc(SCc2ccccc2)n1Cc1ccccc1. The zero-order valence-corrected chi connectivity index (χ0v) is 15.0. The lowest BCUT2D eigenvalue weighted by molar-refractivity contribution is 0.658. The standard InChI is InChI=1S/C22H18N2OS/c25-21-19-13-7-8-14-20(19)23-22(26-16-18-11-5-2-6-12-18)24(21)15-17-9-3-1-4-10-17/h1-14H,15-16H2. The molecule has 1 aromatic heterocycles. The van der Waals surface area contributed by atoms with Gasteiger partial charge in [-0.15, -0.1) is 0 Å². The van der Waals surface area contributed by atoms with E-state index in [1.165, 1.54) is 5.56 Å². The van der Waals surface area contributed by atoms with Gasteiger partial charge in [-0.1, -0.05) is 84.6 Å². The molecule has 0 fully saturated rings. The lowest BCUT2D eigenvalue weighted by atomic mass is 10.2. The average molecular weight is 358 g/mol. The van der Waals surface area contributed by atoms with Crippen molar-refractivity contribution in [3.63, 3.8) is 0 Å². The van der Waals surface area contributed by atoms with E-state index >= 15 is 0 Å². The molecule has 4 rings (SSSR count). The van der Waals surface area contributed by atoms with Crippen LogP contribution in [-0.4, -0.2) is 9.55 Å². The molecule has 0 radical (unpaired) electrons. The molecule has 4 heteroatoms. The van der Waals surface area contributed by atoms with Gasteiger partial charge >= 0.3 is 0 Å². The minimum atomic E-state index is 0.00927. The maximum atomic E-state index is 13.1. The van der Waals surface area contributed by atoms with Crippen LogP contribution < -0.4 is 5.56 Å². The van der Waals surface area contributed by atoms with E-state index in [9.17, 15) is 4.79 Å². The van der Waals surface area contributed by atoms with Gasteiger partial charge in [0, 0.05) is 5.75 Å². The Balaban J connectivity index is 1.76. The second kappa shape index (κ2) is 7.58. The fourth-order valence-corrected chi connectivity index (χ4v) is 3.84. The summed E-state index contributed by atoms with van der Waals surface area (Å²) in [5.74, 6) is 0.778. The minimum absolute atomic E-state index is 0.00927. The van der Waals surface area contributed by atoms with E-state index in [4.69, 9.17) is 4.98 Å². The number of hydrogen-bond donors (Lipinski definition) is 0. The number of hydrogen-bond acceptors (Lipinski definition) is 3. The number of rotatable bonds is 5. The van der Waals surface area contributed by atoms with Crippen molar-refractivity contribution in [2.45, 2.75) is 17.5 Å². The van der Waals surface area contributed by atoms with Crippen LogP contribution in [0.3, 0.4) is 0 Å². The molecule has 0 aliphatic rings. The summed E-state index contributed by atoms with van der Waals surface area (Å²) in [6, 6.07) is 27.8. The highest BCUT2D eigenvalue weighted by atomic mass is 32.2. The maximum absolute atomic E-state index is 13.1. The first-order chi connectivity index (χ1) is 12.8. The van der Waals surface area contributed by atoms with Crippen molar-refractivity contribution in [3.05, 3.63) is 106 Å². The first-order valence-corrected chi connectivity index (χ1v) is 9.50. The first-order valence-electron chi connectivity index (χ1n) is 8.51. The van der Waals surface area contributed by atoms with Crippen molar-refractivity contribution in [1.29, 1.82) is 0 Å². The predicted octanol–water partition coefficient (Wildman–Crippen LogP) is 4.74. The summed E-state index contributed by atoms with van der Waals surface area (Å²) in [4.78, 5) is 17.8. The number of aromatic nitrogens is 2. The number of fused-ring (bicyclic) bond motifs is 1. The van der Waals surface area contributed by atoms with Crippen molar-refractivity contribution in [3.8, 4) is 0 Å². The molecule has 0 saturated heterocycles. The van der Waals surface area contributed by atoms with Crippen LogP contribution in [0.5, 0.6) is 0 Å². The highest BCUT2D eigenvalue weighted by molar-refractivity contribution is 7.98. The van der Waals surface area contributed by atoms with E-state index in [2.05, 4.69) is 12.1 Å². The third kappa shape index (κ3) is 3.55. The van der Waals surface area contributed by atoms with Crippen molar-refractivity contribution in [2.24, 2.45) is 0 Å². The molecule has 0 aliphatic heterocycles. The van der Waals surface area contributed by atoms with Gasteiger partial charge in [0.2, 0.25) is 0 Å². The van der Waals surface area contributed by atoms with Crippen LogP contribution >= 0.6 is 11.8 Å². The lowest BCUT2D eigenvalue weighted by Gasteiger charge is -2.13. The Morgan fingerprint density at radius 2 is 1.38 bits per heavy atom. The van der Waals surface area contributed by atoms with E-state index in [0.717, 1.165) is 22.0 Å². The third-order valence-corrected chi connectivity index (χ3v) is 5.27. The zero-order chi connectivity index (χ0) is 17.8. The van der Waals surface area contributed by atoms with Gasteiger partial charge in [-0.3, -0.25) is 9.36 Å². The topological polar surface area (TPSA) is 34.9 Å². The average Bonchev–Trinajstić information content (AvgIpc) is 2.70. The Hall–Kier alpha value is -2.85. The molecule has 0 atom stereocenters. The Morgan fingerprint density at radius 1 is 0.769 bits per heavy atom. The van der Waals surface area contributed by atoms with E-state index in [1.54, 1.807) is 16.3 Å². The predicted molar refractivity (Wildman–Crippen MR) is 108 cm³/mol. The highest BCUT2D eigenvalue weighted by Crippen LogP contribution is 2.22. The van der Waals surface area contributed by atoms with Crippen molar-refractivity contribution in [1.82, 2.24) is 9.55 Å². The Morgan fingerprint density at radius 3 is 2.12 bits per heavy atom. The molecule has 0 bridgehead atoms. The summed E-state index contributed by atoms with van der Waals surface area (Å²) in [5, 5.41) is 1.41. The summed E-state index contributed by atoms with van der Waals surface area (Å²) in [6.07, 6.45) is 0. The van der Waals surface area contributed by atoms with Gasteiger partial charge in [0.25, 0.3) is 5.56 Å². The molecule has 0 saturated carbocycles. The molecule has 0 spiro atoms. The largest absolute Gasteiger partial charge is 0.283 e. The van der Waals surface area contributed by atoms with Gasteiger partial charge in [-0.2, -0.15) is 0 Å². The molecule has 26 heavy (non-hydrogen) atoms.